The van der Waals surface area contributed by atoms with Crippen LogP contribution in [0.25, 0.3) is 0 Å². The van der Waals surface area contributed by atoms with Gasteiger partial charge in [0.05, 0.1) is 24.0 Å². The number of hydrogen-bond acceptors (Lipinski definition) is 4. The standard InChI is InChI=1S/C15H19N3OS/c1-11(2)18(10-12-5-4-8-20-12)15(19)13-6-7-17-9-14(13)16-3/h4-9,11,16H,10H2,1-3H3. The lowest BCUT2D eigenvalue weighted by atomic mass is 10.1. The summed E-state index contributed by atoms with van der Waals surface area (Å²) >= 11 is 1.67. The van der Waals surface area contributed by atoms with E-state index < -0.39 is 0 Å². The number of carbonyl (C=O) groups is 1. The fourth-order valence-electron chi connectivity index (χ4n) is 1.99. The predicted molar refractivity (Wildman–Crippen MR) is 83.1 cm³/mol. The molecule has 0 radical (unpaired) electrons. The van der Waals surface area contributed by atoms with Gasteiger partial charge in [0.2, 0.25) is 0 Å². The van der Waals surface area contributed by atoms with E-state index in [2.05, 4.69) is 16.4 Å². The van der Waals surface area contributed by atoms with Gasteiger partial charge in [-0.3, -0.25) is 9.78 Å². The lowest BCUT2D eigenvalue weighted by Crippen LogP contribution is -2.36. The van der Waals surface area contributed by atoms with Gasteiger partial charge in [0.25, 0.3) is 5.91 Å². The Hall–Kier alpha value is -1.88. The molecule has 0 aliphatic carbocycles. The smallest absolute Gasteiger partial charge is 0.256 e. The van der Waals surface area contributed by atoms with Gasteiger partial charge >= 0.3 is 0 Å². The van der Waals surface area contributed by atoms with Crippen LogP contribution in [0.2, 0.25) is 0 Å². The molecule has 0 spiro atoms. The minimum Gasteiger partial charge on any atom is -0.386 e. The molecule has 0 atom stereocenters. The zero-order valence-electron chi connectivity index (χ0n) is 12.0. The summed E-state index contributed by atoms with van der Waals surface area (Å²) < 4.78 is 0. The number of amides is 1. The van der Waals surface area contributed by atoms with Crippen molar-refractivity contribution in [3.8, 4) is 0 Å². The summed E-state index contributed by atoms with van der Waals surface area (Å²) in [6, 6.07) is 5.97. The quantitative estimate of drug-likeness (QED) is 0.919. The summed E-state index contributed by atoms with van der Waals surface area (Å²) in [7, 11) is 1.80. The van der Waals surface area contributed by atoms with Gasteiger partial charge in [-0.15, -0.1) is 11.3 Å². The molecule has 0 saturated heterocycles. The van der Waals surface area contributed by atoms with E-state index >= 15 is 0 Å². The molecule has 0 aliphatic rings. The SMILES string of the molecule is CNc1cnccc1C(=O)N(Cc1cccs1)C(C)C. The average molecular weight is 289 g/mol. The first-order chi connectivity index (χ1) is 9.63. The summed E-state index contributed by atoms with van der Waals surface area (Å²) in [5.41, 5.74) is 1.42. The fraction of sp³-hybridized carbons (Fsp3) is 0.333. The molecular weight excluding hydrogens is 270 g/mol. The van der Waals surface area contributed by atoms with Gasteiger partial charge in [0, 0.05) is 24.2 Å². The number of rotatable bonds is 5. The molecule has 0 saturated carbocycles. The molecule has 2 heterocycles. The zero-order valence-corrected chi connectivity index (χ0v) is 12.8. The van der Waals surface area contributed by atoms with Crippen LogP contribution in [-0.4, -0.2) is 28.9 Å². The Morgan fingerprint density at radius 2 is 2.25 bits per heavy atom. The second kappa shape index (κ2) is 6.52. The van der Waals surface area contributed by atoms with Crippen molar-refractivity contribution in [2.24, 2.45) is 0 Å². The molecule has 106 valence electrons. The summed E-state index contributed by atoms with van der Waals surface area (Å²) in [6.07, 6.45) is 3.33. The number of nitrogens with zero attached hydrogens (tertiary/aromatic N) is 2. The minimum absolute atomic E-state index is 0.0279. The fourth-order valence-corrected chi connectivity index (χ4v) is 2.70. The summed E-state index contributed by atoms with van der Waals surface area (Å²) in [5, 5.41) is 5.05. The van der Waals surface area contributed by atoms with Crippen LogP contribution in [0.4, 0.5) is 5.69 Å². The largest absolute Gasteiger partial charge is 0.386 e. The highest BCUT2D eigenvalue weighted by Gasteiger charge is 2.21. The third kappa shape index (κ3) is 3.17. The molecule has 1 N–H and O–H groups in total. The van der Waals surface area contributed by atoms with Crippen LogP contribution in [0.3, 0.4) is 0 Å². The number of hydrogen-bond donors (Lipinski definition) is 1. The summed E-state index contributed by atoms with van der Waals surface area (Å²) in [4.78, 5) is 19.9. The van der Waals surface area contributed by atoms with Crippen molar-refractivity contribution in [3.63, 3.8) is 0 Å². The molecule has 0 bridgehead atoms. The van der Waals surface area contributed by atoms with Crippen molar-refractivity contribution < 1.29 is 4.79 Å². The van der Waals surface area contributed by atoms with Gasteiger partial charge in [-0.2, -0.15) is 0 Å². The van der Waals surface area contributed by atoms with Gasteiger partial charge in [0.1, 0.15) is 0 Å². The Kier molecular flexibility index (Phi) is 4.74. The van der Waals surface area contributed by atoms with E-state index in [0.29, 0.717) is 12.1 Å². The number of pyridine rings is 1. The van der Waals surface area contributed by atoms with Crippen LogP contribution in [-0.2, 0) is 6.54 Å². The topological polar surface area (TPSA) is 45.2 Å². The number of carbonyl (C=O) groups excluding carboxylic acids is 1. The maximum Gasteiger partial charge on any atom is 0.256 e. The summed E-state index contributed by atoms with van der Waals surface area (Å²) in [6.45, 7) is 4.71. The van der Waals surface area contributed by atoms with Gasteiger partial charge in [-0.05, 0) is 31.4 Å². The molecular formula is C15H19N3OS. The van der Waals surface area contributed by atoms with E-state index in [4.69, 9.17) is 0 Å². The Balaban J connectivity index is 2.27. The second-order valence-corrected chi connectivity index (χ2v) is 5.81. The molecule has 0 fully saturated rings. The molecule has 1 amide bonds. The van der Waals surface area contributed by atoms with E-state index in [-0.39, 0.29) is 11.9 Å². The first kappa shape index (κ1) is 14.5. The maximum absolute atomic E-state index is 12.8. The van der Waals surface area contributed by atoms with Gasteiger partial charge in [0.15, 0.2) is 0 Å². The molecule has 0 aliphatic heterocycles. The third-order valence-corrected chi connectivity index (χ3v) is 3.97. The molecule has 2 aromatic heterocycles. The van der Waals surface area contributed by atoms with Crippen LogP contribution in [0.1, 0.15) is 29.1 Å². The van der Waals surface area contributed by atoms with Crippen LogP contribution in [0.15, 0.2) is 36.0 Å². The highest BCUT2D eigenvalue weighted by atomic mass is 32.1. The van der Waals surface area contributed by atoms with Crippen molar-refractivity contribution in [2.75, 3.05) is 12.4 Å². The van der Waals surface area contributed by atoms with Crippen LogP contribution >= 0.6 is 11.3 Å². The first-order valence-corrected chi connectivity index (χ1v) is 7.46. The normalized spacial score (nSPS) is 10.6. The Labute approximate surface area is 123 Å². The van der Waals surface area contributed by atoms with E-state index in [9.17, 15) is 4.79 Å². The average Bonchev–Trinajstić information content (AvgIpc) is 2.96. The predicted octanol–water partition coefficient (Wildman–Crippen LogP) is 3.24. The highest BCUT2D eigenvalue weighted by Crippen LogP contribution is 2.20. The van der Waals surface area contributed by atoms with Crippen molar-refractivity contribution in [3.05, 3.63) is 46.4 Å². The third-order valence-electron chi connectivity index (χ3n) is 3.11. The van der Waals surface area contributed by atoms with Crippen LogP contribution in [0.5, 0.6) is 0 Å². The molecule has 4 nitrogen and oxygen atoms in total. The van der Waals surface area contributed by atoms with Crippen molar-refractivity contribution in [1.82, 2.24) is 9.88 Å². The highest BCUT2D eigenvalue weighted by molar-refractivity contribution is 7.09. The zero-order chi connectivity index (χ0) is 14.5. The molecule has 0 aromatic carbocycles. The molecule has 2 aromatic rings. The van der Waals surface area contributed by atoms with Gasteiger partial charge in [-0.1, -0.05) is 6.07 Å². The minimum atomic E-state index is 0.0279. The molecule has 2 rings (SSSR count). The van der Waals surface area contributed by atoms with E-state index in [1.165, 1.54) is 4.88 Å². The molecule has 5 heteroatoms. The van der Waals surface area contributed by atoms with Crippen LogP contribution < -0.4 is 5.32 Å². The van der Waals surface area contributed by atoms with Crippen molar-refractivity contribution in [1.29, 1.82) is 0 Å². The Morgan fingerprint density at radius 3 is 2.85 bits per heavy atom. The Bertz CT molecular complexity index is 566. The number of aromatic nitrogens is 1. The van der Waals surface area contributed by atoms with E-state index in [0.717, 1.165) is 5.69 Å². The van der Waals surface area contributed by atoms with E-state index in [1.54, 1.807) is 36.8 Å². The number of thiophene rings is 1. The second-order valence-electron chi connectivity index (χ2n) is 4.78. The lowest BCUT2D eigenvalue weighted by Gasteiger charge is -2.27. The van der Waals surface area contributed by atoms with E-state index in [1.807, 2.05) is 30.2 Å². The maximum atomic E-state index is 12.8. The van der Waals surface area contributed by atoms with Crippen LogP contribution in [0, 0.1) is 0 Å². The summed E-state index contributed by atoms with van der Waals surface area (Å²) in [5.74, 6) is 0.0279. The van der Waals surface area contributed by atoms with Gasteiger partial charge in [-0.25, -0.2) is 0 Å². The monoisotopic (exact) mass is 289 g/mol. The number of nitrogens with one attached hydrogen (secondary N) is 1. The van der Waals surface area contributed by atoms with Crippen molar-refractivity contribution >= 4 is 22.9 Å². The first-order valence-electron chi connectivity index (χ1n) is 6.58. The molecule has 20 heavy (non-hydrogen) atoms. The Morgan fingerprint density at radius 1 is 1.45 bits per heavy atom. The number of anilines is 1. The lowest BCUT2D eigenvalue weighted by molar-refractivity contribution is 0.0693. The molecule has 0 unspecified atom stereocenters. The van der Waals surface area contributed by atoms with Gasteiger partial charge < -0.3 is 10.2 Å². The van der Waals surface area contributed by atoms with Crippen molar-refractivity contribution in [2.45, 2.75) is 26.4 Å².